The number of rotatable bonds is 5. The van der Waals surface area contributed by atoms with E-state index in [9.17, 15) is 9.50 Å². The lowest BCUT2D eigenvalue weighted by Crippen LogP contribution is -2.42. The molecule has 0 aromatic heterocycles. The largest absolute Gasteiger partial charge is 0.508 e. The number of hydrogen-bond donors (Lipinski definition) is 2. The van der Waals surface area contributed by atoms with Crippen LogP contribution >= 0.6 is 0 Å². The molecule has 2 rings (SSSR count). The first kappa shape index (κ1) is 16.2. The zero-order valence-electron chi connectivity index (χ0n) is 13.1. The Labute approximate surface area is 126 Å². The molecule has 1 aromatic rings. The highest BCUT2D eigenvalue weighted by atomic mass is 19.1. The van der Waals surface area contributed by atoms with Gasteiger partial charge in [-0.2, -0.15) is 0 Å². The highest BCUT2D eigenvalue weighted by Crippen LogP contribution is 2.34. The Hall–Kier alpha value is -1.13. The van der Waals surface area contributed by atoms with Gasteiger partial charge in [0.2, 0.25) is 0 Å². The van der Waals surface area contributed by atoms with Crippen molar-refractivity contribution >= 4 is 0 Å². The van der Waals surface area contributed by atoms with E-state index in [1.54, 1.807) is 6.07 Å². The van der Waals surface area contributed by atoms with Crippen LogP contribution in [0.1, 0.15) is 57.6 Å². The molecule has 1 fully saturated rings. The van der Waals surface area contributed by atoms with Crippen molar-refractivity contribution in [1.82, 2.24) is 4.90 Å². The molecule has 0 radical (unpaired) electrons. The summed E-state index contributed by atoms with van der Waals surface area (Å²) < 4.78 is 13.2. The molecule has 1 unspecified atom stereocenters. The maximum absolute atomic E-state index is 13.2. The van der Waals surface area contributed by atoms with Gasteiger partial charge in [-0.15, -0.1) is 0 Å². The summed E-state index contributed by atoms with van der Waals surface area (Å²) in [5.74, 6) is -0.342. The Balaban J connectivity index is 2.16. The quantitative estimate of drug-likeness (QED) is 0.872. The molecule has 0 aliphatic heterocycles. The van der Waals surface area contributed by atoms with Crippen LogP contribution in [0.4, 0.5) is 4.39 Å². The van der Waals surface area contributed by atoms with Gasteiger partial charge >= 0.3 is 0 Å². The number of aromatic hydroxyl groups is 1. The molecular formula is C17H27FN2O. The summed E-state index contributed by atoms with van der Waals surface area (Å²) in [6.45, 7) is 5.24. The number of phenolic OH excluding ortho intramolecular Hbond substituents is 1. The minimum absolute atomic E-state index is 0.0520. The molecule has 0 saturated heterocycles. The number of nitrogens with zero attached hydrogens (tertiary/aromatic N) is 1. The van der Waals surface area contributed by atoms with Crippen LogP contribution in [0.2, 0.25) is 0 Å². The number of nitrogens with two attached hydrogens (primary N) is 1. The average Bonchev–Trinajstić information content (AvgIpc) is 2.45. The van der Waals surface area contributed by atoms with Crippen LogP contribution in [-0.4, -0.2) is 28.6 Å². The molecule has 0 bridgehead atoms. The highest BCUT2D eigenvalue weighted by molar-refractivity contribution is 5.35. The lowest BCUT2D eigenvalue weighted by Gasteiger charge is -2.40. The van der Waals surface area contributed by atoms with E-state index in [4.69, 9.17) is 5.73 Å². The summed E-state index contributed by atoms with van der Waals surface area (Å²) in [4.78, 5) is 2.44. The maximum Gasteiger partial charge on any atom is 0.126 e. The molecule has 0 heterocycles. The number of halogens is 1. The van der Waals surface area contributed by atoms with Gasteiger partial charge in [-0.1, -0.05) is 13.0 Å². The zero-order chi connectivity index (χ0) is 15.4. The van der Waals surface area contributed by atoms with Gasteiger partial charge in [-0.25, -0.2) is 4.39 Å². The molecule has 0 amide bonds. The van der Waals surface area contributed by atoms with Gasteiger partial charge in [0.15, 0.2) is 0 Å². The fourth-order valence-electron chi connectivity index (χ4n) is 3.43. The van der Waals surface area contributed by atoms with Crippen LogP contribution in [0.5, 0.6) is 5.75 Å². The van der Waals surface area contributed by atoms with Crippen molar-refractivity contribution in [3.05, 3.63) is 29.6 Å². The van der Waals surface area contributed by atoms with E-state index in [-0.39, 0.29) is 11.8 Å². The van der Waals surface area contributed by atoms with Crippen LogP contribution in [0.25, 0.3) is 0 Å². The van der Waals surface area contributed by atoms with Crippen molar-refractivity contribution in [3.8, 4) is 5.75 Å². The summed E-state index contributed by atoms with van der Waals surface area (Å²) in [6.07, 6.45) is 5.40. The summed E-state index contributed by atoms with van der Waals surface area (Å²) >= 11 is 0. The Kier molecular flexibility index (Phi) is 5.59. The van der Waals surface area contributed by atoms with E-state index in [1.807, 2.05) is 0 Å². The van der Waals surface area contributed by atoms with Crippen molar-refractivity contribution in [2.24, 2.45) is 5.73 Å². The van der Waals surface area contributed by atoms with Gasteiger partial charge in [0, 0.05) is 29.8 Å². The number of benzene rings is 1. The lowest BCUT2D eigenvalue weighted by atomic mass is 9.89. The second-order valence-corrected chi connectivity index (χ2v) is 6.19. The normalized spacial score (nSPS) is 24.2. The molecule has 1 aliphatic rings. The second kappa shape index (κ2) is 7.23. The van der Waals surface area contributed by atoms with E-state index in [1.165, 1.54) is 12.1 Å². The zero-order valence-corrected chi connectivity index (χ0v) is 13.1. The van der Waals surface area contributed by atoms with E-state index < -0.39 is 5.82 Å². The monoisotopic (exact) mass is 294 g/mol. The smallest absolute Gasteiger partial charge is 0.126 e. The van der Waals surface area contributed by atoms with Crippen molar-refractivity contribution in [2.75, 3.05) is 6.54 Å². The fourth-order valence-corrected chi connectivity index (χ4v) is 3.43. The van der Waals surface area contributed by atoms with Crippen molar-refractivity contribution in [3.63, 3.8) is 0 Å². The second-order valence-electron chi connectivity index (χ2n) is 6.19. The van der Waals surface area contributed by atoms with Crippen LogP contribution in [0.3, 0.4) is 0 Å². The van der Waals surface area contributed by atoms with Crippen molar-refractivity contribution in [1.29, 1.82) is 0 Å². The molecular weight excluding hydrogens is 267 g/mol. The van der Waals surface area contributed by atoms with Crippen molar-refractivity contribution in [2.45, 2.75) is 64.1 Å². The third kappa shape index (κ3) is 3.95. The third-order valence-electron chi connectivity index (χ3n) is 4.63. The van der Waals surface area contributed by atoms with E-state index in [0.717, 1.165) is 44.2 Å². The molecule has 1 aromatic carbocycles. The lowest BCUT2D eigenvalue weighted by molar-refractivity contribution is 0.106. The van der Waals surface area contributed by atoms with Gasteiger partial charge in [0.25, 0.3) is 0 Å². The molecule has 1 saturated carbocycles. The van der Waals surface area contributed by atoms with Crippen molar-refractivity contribution < 1.29 is 9.50 Å². The average molecular weight is 294 g/mol. The fraction of sp³-hybridized carbons (Fsp3) is 0.647. The molecule has 118 valence electrons. The standard InChI is InChI=1S/C17H27FN2O/c1-3-10-20(15-7-5-14(19)6-8-15)12(2)16-9-4-13(18)11-17(16)21/h4,9,11-12,14-15,21H,3,5-8,10,19H2,1-2H3. The van der Waals surface area contributed by atoms with Gasteiger partial charge in [-0.05, 0) is 51.6 Å². The molecule has 1 atom stereocenters. The minimum Gasteiger partial charge on any atom is -0.508 e. The van der Waals surface area contributed by atoms with Gasteiger partial charge in [-0.3, -0.25) is 4.90 Å². The number of phenols is 1. The Morgan fingerprint density at radius 3 is 2.57 bits per heavy atom. The minimum atomic E-state index is -0.394. The molecule has 3 nitrogen and oxygen atoms in total. The van der Waals surface area contributed by atoms with Crippen LogP contribution in [0, 0.1) is 5.82 Å². The summed E-state index contributed by atoms with van der Waals surface area (Å²) in [6, 6.07) is 5.25. The molecule has 3 N–H and O–H groups in total. The number of hydrogen-bond acceptors (Lipinski definition) is 3. The third-order valence-corrected chi connectivity index (χ3v) is 4.63. The van der Waals surface area contributed by atoms with Crippen LogP contribution < -0.4 is 5.73 Å². The Bertz CT molecular complexity index is 458. The molecule has 0 spiro atoms. The van der Waals surface area contributed by atoms with Gasteiger partial charge in [0.05, 0.1) is 0 Å². The van der Waals surface area contributed by atoms with E-state index >= 15 is 0 Å². The van der Waals surface area contributed by atoms with Crippen LogP contribution in [-0.2, 0) is 0 Å². The highest BCUT2D eigenvalue weighted by Gasteiger charge is 2.28. The first-order valence-corrected chi connectivity index (χ1v) is 8.02. The van der Waals surface area contributed by atoms with Crippen LogP contribution in [0.15, 0.2) is 18.2 Å². The van der Waals surface area contributed by atoms with Gasteiger partial charge in [0.1, 0.15) is 11.6 Å². The van der Waals surface area contributed by atoms with Gasteiger partial charge < -0.3 is 10.8 Å². The summed E-state index contributed by atoms with van der Waals surface area (Å²) in [5, 5.41) is 10.0. The summed E-state index contributed by atoms with van der Waals surface area (Å²) in [5.41, 5.74) is 6.80. The van der Waals surface area contributed by atoms with E-state index in [2.05, 4.69) is 18.7 Å². The Morgan fingerprint density at radius 1 is 1.33 bits per heavy atom. The predicted octanol–water partition coefficient (Wildman–Crippen LogP) is 3.57. The molecule has 21 heavy (non-hydrogen) atoms. The molecule has 1 aliphatic carbocycles. The topological polar surface area (TPSA) is 49.5 Å². The summed E-state index contributed by atoms with van der Waals surface area (Å²) in [7, 11) is 0. The van der Waals surface area contributed by atoms with E-state index in [0.29, 0.717) is 12.1 Å². The predicted molar refractivity (Wildman–Crippen MR) is 83.7 cm³/mol. The molecule has 4 heteroatoms. The SMILES string of the molecule is CCCN(C1CCC(N)CC1)C(C)c1ccc(F)cc1O. The maximum atomic E-state index is 13.2. The Morgan fingerprint density at radius 2 is 2.00 bits per heavy atom. The first-order valence-electron chi connectivity index (χ1n) is 8.02. The first-order chi connectivity index (χ1) is 10.0.